The monoisotopic (exact) mass is 1570 g/mol. The van der Waals surface area contributed by atoms with Crippen LogP contribution in [0.3, 0.4) is 0 Å². The second-order valence-corrected chi connectivity index (χ2v) is 24.5. The summed E-state index contributed by atoms with van der Waals surface area (Å²) in [6, 6.07) is 3.07. The molecule has 0 aliphatic carbocycles. The summed E-state index contributed by atoms with van der Waals surface area (Å²) in [5.41, 5.74) is -17.9. The van der Waals surface area contributed by atoms with Gasteiger partial charge in [-0.05, 0) is 54.6 Å². The maximum Gasteiger partial charge on any atom is 0.343 e. The fourth-order valence-electron chi connectivity index (χ4n) is 12.6. The van der Waals surface area contributed by atoms with Gasteiger partial charge in [0.15, 0.2) is 116 Å². The number of esters is 8. The van der Waals surface area contributed by atoms with E-state index in [0.717, 1.165) is 0 Å². The minimum atomic E-state index is -2.90. The number of cyclic esters (lactones) is 1. The van der Waals surface area contributed by atoms with Crippen molar-refractivity contribution in [2.24, 2.45) is 0 Å². The summed E-state index contributed by atoms with van der Waals surface area (Å²) in [6.07, 6.45) is -26.2. The zero-order valence-corrected chi connectivity index (χ0v) is 54.8. The van der Waals surface area contributed by atoms with E-state index in [9.17, 15) is 156 Å². The number of fused-ring (bicyclic) bond motifs is 13. The van der Waals surface area contributed by atoms with Crippen LogP contribution in [0.25, 0.3) is 33.4 Å². The molecule has 2 fully saturated rings. The van der Waals surface area contributed by atoms with E-state index in [-0.39, 0.29) is 18.2 Å². The molecule has 8 aromatic rings. The SMILES string of the molecule is O=C(O[C@H]1O[C@@H]2COC(=O)c3cc(O)c(O)c(O)c3-c3c(O)c(O)c(O)c(Oc4cc(C(=O)O[C@@H]5O[C@H](CO)[C@H](O)[C@@H]6OC(=O)c7cc(O)c(O)c(O)c7-c7c(cc(O)c(O)c7O)C(=O)O[C@@H]56)cc(O)c4O)c3C(=O)O[C@@H]2[C@@H]2OC(=O)c3cc(O)c(O)c(O)c3-c3c(cc(O)c(O)c3O)C(=O)O[C@@H]12)c1cc(O)c(O)c(O)c1. The van der Waals surface area contributed by atoms with E-state index < -0.39 is 344 Å². The molecule has 2 saturated heterocycles. The molecule has 25 N–H and O–H groups in total. The maximum absolute atomic E-state index is 15.9. The number of hydrogen-bond acceptors (Lipinski definition) is 44. The second-order valence-electron chi connectivity index (χ2n) is 24.5. The molecular weight excluding hydrogens is 1520 g/mol. The van der Waals surface area contributed by atoms with Crippen LogP contribution in [0.4, 0.5) is 0 Å². The smallest absolute Gasteiger partial charge is 0.343 e. The highest BCUT2D eigenvalue weighted by molar-refractivity contribution is 6.13. The fraction of sp³-hybridized carbons (Fsp3) is 0.176. The van der Waals surface area contributed by atoms with Crippen LogP contribution in [0.5, 0.6) is 144 Å². The number of carbonyl (C=O) groups excluding carboxylic acids is 8. The Morgan fingerprint density at radius 3 is 1.08 bits per heavy atom. The normalized spacial score (nSPS) is 21.2. The molecule has 5 aliphatic rings. The minimum Gasteiger partial charge on any atom is -0.504 e. The van der Waals surface area contributed by atoms with E-state index >= 15 is 9.59 Å². The molecule has 0 unspecified atom stereocenters. The van der Waals surface area contributed by atoms with Crippen LogP contribution in [0.15, 0.2) is 54.6 Å². The lowest BCUT2D eigenvalue weighted by Gasteiger charge is -2.44. The van der Waals surface area contributed by atoms with Gasteiger partial charge in [0.25, 0.3) is 0 Å². The first-order valence-corrected chi connectivity index (χ1v) is 31.2. The van der Waals surface area contributed by atoms with E-state index in [4.69, 9.17) is 52.1 Å². The quantitative estimate of drug-likeness (QED) is 0.0614. The molecule has 0 saturated carbocycles. The summed E-state index contributed by atoms with van der Waals surface area (Å²) in [7, 11) is 0. The molecule has 5 aliphatic heterocycles. The molecule has 0 amide bonds. The molecule has 13 rings (SSSR count). The lowest BCUT2D eigenvalue weighted by atomic mass is 9.90. The third-order valence-corrected chi connectivity index (χ3v) is 17.9. The zero-order valence-electron chi connectivity index (χ0n) is 54.8. The Hall–Kier alpha value is -15.4. The van der Waals surface area contributed by atoms with Crippen LogP contribution in [-0.2, 0) is 47.4 Å². The average Bonchev–Trinajstić information content (AvgIpc) is 1.10. The standard InChI is InChI=1S/C68H48O44/c69-10-28-44(85)55-57(109-64(99)17-8-25(76)41(82)47(88)32(17)30-15(62(97)107-55)6-23(74)39(80)45(30)86)67(104-28)112-60(95)13-3-21(72)38(79)27(4-13)103-54-36-35(50(91)51(92)52(54)93)34-14(5-22(73)43(84)49(34)90)61(96)102-11-29-53(106-66(36)101)56-58(68(105-29)111-59(94)12-1-19(70)37(78)20(71)2-12)110-65(100)18-9-26(77)42(83)48(89)33(18)31-16(63(98)108-56)7-24(75)40(81)46(31)87/h1-9,28-29,44,53,55-58,67-93H,10-11H2/t28-,29-,44+,53+,55+,56+,57-,58-,67+,68-/m1/s1. The highest BCUT2D eigenvalue weighted by Crippen LogP contribution is 2.60. The topological polar surface area (TPSA) is 744 Å². The Labute approximate surface area is 614 Å². The number of phenolic OH excluding ortho intramolecular Hbond substituents is 23. The van der Waals surface area contributed by atoms with Crippen LogP contribution in [-0.4, -0.2) is 250 Å². The largest absolute Gasteiger partial charge is 0.504 e. The first kappa shape index (κ1) is 74.8. The third kappa shape index (κ3) is 11.9. The number of carbonyl (C=O) groups is 8. The van der Waals surface area contributed by atoms with Crippen molar-refractivity contribution in [3.05, 3.63) is 99.1 Å². The molecule has 8 aromatic carbocycles. The molecule has 5 heterocycles. The van der Waals surface area contributed by atoms with E-state index in [1.54, 1.807) is 0 Å². The molecule has 10 atom stereocenters. The molecule has 0 radical (unpaired) electrons. The third-order valence-electron chi connectivity index (χ3n) is 17.9. The molecule has 584 valence electrons. The van der Waals surface area contributed by atoms with Gasteiger partial charge in [-0.3, -0.25) is 0 Å². The number of aliphatic hydroxyl groups is 2. The minimum absolute atomic E-state index is 0.246. The van der Waals surface area contributed by atoms with Crippen LogP contribution in [0.1, 0.15) is 82.9 Å². The van der Waals surface area contributed by atoms with E-state index in [1.165, 1.54) is 0 Å². The van der Waals surface area contributed by atoms with Crippen molar-refractivity contribution in [2.45, 2.75) is 61.4 Å². The van der Waals surface area contributed by atoms with E-state index in [2.05, 4.69) is 0 Å². The van der Waals surface area contributed by atoms with Crippen molar-refractivity contribution >= 4 is 47.8 Å². The molecule has 112 heavy (non-hydrogen) atoms. The number of aliphatic hydroxyl groups excluding tert-OH is 2. The van der Waals surface area contributed by atoms with Gasteiger partial charge in [-0.1, -0.05) is 0 Å². The number of hydrogen-bond donors (Lipinski definition) is 25. The first-order chi connectivity index (χ1) is 52.8. The lowest BCUT2D eigenvalue weighted by molar-refractivity contribution is -0.283. The van der Waals surface area contributed by atoms with E-state index in [0.29, 0.717) is 36.4 Å². The van der Waals surface area contributed by atoms with E-state index in [1.807, 2.05) is 0 Å². The molecule has 0 aromatic heterocycles. The van der Waals surface area contributed by atoms with Crippen LogP contribution in [0.2, 0.25) is 0 Å². The number of aromatic hydroxyl groups is 23. The predicted octanol–water partition coefficient (Wildman–Crippen LogP) is 1.75. The molecule has 44 heteroatoms. The number of ether oxygens (including phenoxy) is 11. The van der Waals surface area contributed by atoms with Gasteiger partial charge < -0.3 is 180 Å². The van der Waals surface area contributed by atoms with Crippen molar-refractivity contribution in [2.75, 3.05) is 13.2 Å². The Balaban J connectivity index is 0.950. The number of rotatable bonds is 7. The zero-order chi connectivity index (χ0) is 81.5. The van der Waals surface area contributed by atoms with Gasteiger partial charge in [-0.15, -0.1) is 0 Å². The number of benzene rings is 8. The van der Waals surface area contributed by atoms with Crippen LogP contribution < -0.4 is 4.74 Å². The first-order valence-electron chi connectivity index (χ1n) is 31.2. The molecule has 0 bridgehead atoms. The van der Waals surface area contributed by atoms with Crippen molar-refractivity contribution < 1.29 is 218 Å². The van der Waals surface area contributed by atoms with Crippen molar-refractivity contribution in [3.8, 4) is 177 Å². The Bertz CT molecular complexity index is 5480. The van der Waals surface area contributed by atoms with Crippen molar-refractivity contribution in [3.63, 3.8) is 0 Å². The Morgan fingerprint density at radius 1 is 0.330 bits per heavy atom. The Kier molecular flexibility index (Phi) is 18.1. The summed E-state index contributed by atoms with van der Waals surface area (Å²) in [5, 5.41) is 275. The highest BCUT2D eigenvalue weighted by Gasteiger charge is 2.58. The van der Waals surface area contributed by atoms with Gasteiger partial charge in [-0.25, -0.2) is 38.4 Å². The Morgan fingerprint density at radius 2 is 0.661 bits per heavy atom. The average molecular weight is 1570 g/mol. The predicted molar refractivity (Wildman–Crippen MR) is 344 cm³/mol. The van der Waals surface area contributed by atoms with Gasteiger partial charge in [0.1, 0.15) is 30.5 Å². The summed E-state index contributed by atoms with van der Waals surface area (Å²) in [6.45, 7) is -2.87. The highest BCUT2D eigenvalue weighted by atomic mass is 16.8. The molecule has 0 spiro atoms. The lowest BCUT2D eigenvalue weighted by Crippen LogP contribution is -2.63. The number of phenols is 23. The van der Waals surface area contributed by atoms with Gasteiger partial charge in [0.2, 0.25) is 70.8 Å². The van der Waals surface area contributed by atoms with Crippen molar-refractivity contribution in [1.82, 2.24) is 0 Å². The van der Waals surface area contributed by atoms with Crippen LogP contribution >= 0.6 is 0 Å². The summed E-state index contributed by atoms with van der Waals surface area (Å²) < 4.78 is 62.1. The fourth-order valence-corrected chi connectivity index (χ4v) is 12.6. The second kappa shape index (κ2) is 27.1. The molecular formula is C68H48O44. The van der Waals surface area contributed by atoms with Gasteiger partial charge in [0, 0.05) is 27.8 Å². The van der Waals surface area contributed by atoms with Crippen LogP contribution in [0, 0.1) is 0 Å². The molecule has 44 nitrogen and oxygen atoms in total. The summed E-state index contributed by atoms with van der Waals surface area (Å²) in [5.74, 6) is -54.1. The summed E-state index contributed by atoms with van der Waals surface area (Å²) in [4.78, 5) is 118. The van der Waals surface area contributed by atoms with Gasteiger partial charge in [-0.2, -0.15) is 0 Å². The maximum atomic E-state index is 15.9. The van der Waals surface area contributed by atoms with Crippen molar-refractivity contribution in [1.29, 1.82) is 0 Å². The van der Waals surface area contributed by atoms with Gasteiger partial charge >= 0.3 is 47.8 Å². The van der Waals surface area contributed by atoms with Gasteiger partial charge in [0.05, 0.1) is 51.1 Å². The summed E-state index contributed by atoms with van der Waals surface area (Å²) >= 11 is 0.